The second-order valence-electron chi connectivity index (χ2n) is 8.83. The minimum atomic E-state index is -0.398. The molecule has 0 saturated carbocycles. The van der Waals surface area contributed by atoms with Crippen LogP contribution in [0.1, 0.15) is 31.7 Å². The summed E-state index contributed by atoms with van der Waals surface area (Å²) in [4.78, 5) is 32.7. The lowest BCUT2D eigenvalue weighted by Gasteiger charge is -2.34. The Kier molecular flexibility index (Phi) is 6.03. The van der Waals surface area contributed by atoms with E-state index in [1.807, 2.05) is 4.57 Å². The van der Waals surface area contributed by atoms with Crippen molar-refractivity contribution in [3.8, 4) is 0 Å². The number of nitrogens with zero attached hydrogens (tertiary/aromatic N) is 5. The Hall–Kier alpha value is -2.09. The number of piperidine rings is 1. The molecule has 3 heterocycles. The van der Waals surface area contributed by atoms with E-state index in [9.17, 15) is 9.59 Å². The standard InChI is InChI=1S/C22H27Cl2N5O2/c1-13-8-14(2)10-28(9-13)12-18-25-20-19(21(30)27(4)22(31)26(20)3)29(18)11-15-16(23)6-5-7-17(15)24/h5-7,13-14H,8-12H2,1-4H3/t13-,14+. The van der Waals surface area contributed by atoms with Gasteiger partial charge in [0.05, 0.1) is 13.1 Å². The van der Waals surface area contributed by atoms with Crippen molar-refractivity contribution in [1.82, 2.24) is 23.6 Å². The molecular formula is C22H27Cl2N5O2. The summed E-state index contributed by atoms with van der Waals surface area (Å²) < 4.78 is 4.41. The average molecular weight is 464 g/mol. The van der Waals surface area contributed by atoms with Gasteiger partial charge in [0.15, 0.2) is 11.2 Å². The molecule has 1 aliphatic rings. The zero-order valence-corrected chi connectivity index (χ0v) is 19.7. The number of hydrogen-bond acceptors (Lipinski definition) is 4. The lowest BCUT2D eigenvalue weighted by molar-refractivity contribution is 0.130. The molecule has 7 nitrogen and oxygen atoms in total. The van der Waals surface area contributed by atoms with Crippen molar-refractivity contribution in [2.45, 2.75) is 33.4 Å². The molecule has 1 fully saturated rings. The van der Waals surface area contributed by atoms with Crippen molar-refractivity contribution in [2.75, 3.05) is 13.1 Å². The van der Waals surface area contributed by atoms with Gasteiger partial charge in [-0.05, 0) is 30.4 Å². The molecule has 31 heavy (non-hydrogen) atoms. The highest BCUT2D eigenvalue weighted by molar-refractivity contribution is 6.36. The molecule has 1 saturated heterocycles. The van der Waals surface area contributed by atoms with Gasteiger partial charge < -0.3 is 4.57 Å². The van der Waals surface area contributed by atoms with Crippen molar-refractivity contribution >= 4 is 34.4 Å². The van der Waals surface area contributed by atoms with Crippen molar-refractivity contribution in [1.29, 1.82) is 0 Å². The maximum Gasteiger partial charge on any atom is 0.332 e. The number of aryl methyl sites for hydroxylation is 1. The molecule has 0 aliphatic carbocycles. The molecule has 0 N–H and O–H groups in total. The SMILES string of the molecule is C[C@@H]1C[C@H](C)CN(Cc2nc3c(c(=O)n(C)c(=O)n3C)n2Cc2c(Cl)cccc2Cl)C1. The number of imidazole rings is 1. The summed E-state index contributed by atoms with van der Waals surface area (Å²) in [5.41, 5.74) is 0.714. The van der Waals surface area contributed by atoms with Gasteiger partial charge in [-0.25, -0.2) is 9.78 Å². The van der Waals surface area contributed by atoms with Gasteiger partial charge in [0, 0.05) is 42.8 Å². The second kappa shape index (κ2) is 8.45. The third kappa shape index (κ3) is 4.06. The van der Waals surface area contributed by atoms with Gasteiger partial charge in [0.2, 0.25) is 0 Å². The van der Waals surface area contributed by atoms with Crippen LogP contribution in [0.4, 0.5) is 0 Å². The Morgan fingerprint density at radius 2 is 1.61 bits per heavy atom. The first kappa shape index (κ1) is 22.1. The van der Waals surface area contributed by atoms with Gasteiger partial charge in [-0.3, -0.25) is 18.8 Å². The number of fused-ring (bicyclic) bond motifs is 1. The summed E-state index contributed by atoms with van der Waals surface area (Å²) in [5.74, 6) is 1.92. The van der Waals surface area contributed by atoms with E-state index in [0.29, 0.717) is 46.1 Å². The smallest absolute Gasteiger partial charge is 0.316 e. The molecule has 166 valence electrons. The van der Waals surface area contributed by atoms with E-state index >= 15 is 0 Å². The van der Waals surface area contributed by atoms with Gasteiger partial charge in [-0.15, -0.1) is 0 Å². The first-order chi connectivity index (χ1) is 14.7. The van der Waals surface area contributed by atoms with E-state index in [4.69, 9.17) is 28.2 Å². The molecule has 0 radical (unpaired) electrons. The Bertz CT molecular complexity index is 1230. The van der Waals surface area contributed by atoms with Crippen LogP contribution in [0.25, 0.3) is 11.2 Å². The fourth-order valence-corrected chi connectivity index (χ4v) is 5.26. The number of hydrogen-bond donors (Lipinski definition) is 0. The molecule has 2 atom stereocenters. The van der Waals surface area contributed by atoms with Crippen LogP contribution in [-0.4, -0.2) is 36.7 Å². The van der Waals surface area contributed by atoms with E-state index in [0.717, 1.165) is 29.0 Å². The van der Waals surface area contributed by atoms with Crippen LogP contribution in [0.3, 0.4) is 0 Å². The molecule has 0 amide bonds. The zero-order chi connectivity index (χ0) is 22.4. The van der Waals surface area contributed by atoms with Crippen LogP contribution in [0.5, 0.6) is 0 Å². The summed E-state index contributed by atoms with van der Waals surface area (Å²) in [5, 5.41) is 1.06. The van der Waals surface area contributed by atoms with E-state index in [-0.39, 0.29) is 5.56 Å². The first-order valence-electron chi connectivity index (χ1n) is 10.5. The monoisotopic (exact) mass is 463 g/mol. The summed E-state index contributed by atoms with van der Waals surface area (Å²) >= 11 is 12.9. The molecule has 1 aromatic carbocycles. The molecule has 2 aromatic heterocycles. The second-order valence-corrected chi connectivity index (χ2v) is 9.65. The highest BCUT2D eigenvalue weighted by atomic mass is 35.5. The Morgan fingerprint density at radius 1 is 1.00 bits per heavy atom. The van der Waals surface area contributed by atoms with Crippen LogP contribution >= 0.6 is 23.2 Å². The molecule has 3 aromatic rings. The summed E-state index contributed by atoms with van der Waals surface area (Å²) in [6.45, 7) is 7.34. The predicted octanol–water partition coefficient (Wildman–Crippen LogP) is 3.27. The van der Waals surface area contributed by atoms with Crippen molar-refractivity contribution in [3.05, 3.63) is 60.5 Å². The Balaban J connectivity index is 1.89. The summed E-state index contributed by atoms with van der Waals surface area (Å²) in [6.07, 6.45) is 1.21. The zero-order valence-electron chi connectivity index (χ0n) is 18.2. The normalized spacial score (nSPS) is 19.9. The van der Waals surface area contributed by atoms with Crippen LogP contribution in [0.15, 0.2) is 27.8 Å². The van der Waals surface area contributed by atoms with Crippen LogP contribution < -0.4 is 11.2 Å². The fraction of sp³-hybridized carbons (Fsp3) is 0.500. The first-order valence-corrected chi connectivity index (χ1v) is 11.2. The van der Waals surface area contributed by atoms with E-state index in [1.54, 1.807) is 25.2 Å². The van der Waals surface area contributed by atoms with E-state index in [1.165, 1.54) is 18.0 Å². The molecule has 9 heteroatoms. The van der Waals surface area contributed by atoms with Gasteiger partial charge in [-0.1, -0.05) is 43.1 Å². The predicted molar refractivity (Wildman–Crippen MR) is 124 cm³/mol. The van der Waals surface area contributed by atoms with E-state index in [2.05, 4.69) is 18.7 Å². The maximum atomic E-state index is 13.1. The molecule has 0 bridgehead atoms. The number of rotatable bonds is 4. The van der Waals surface area contributed by atoms with Crippen LogP contribution in [-0.2, 0) is 27.2 Å². The maximum absolute atomic E-state index is 13.1. The minimum Gasteiger partial charge on any atom is -0.316 e. The molecule has 0 spiro atoms. The lowest BCUT2D eigenvalue weighted by atomic mass is 9.92. The Labute approximate surface area is 190 Å². The highest BCUT2D eigenvalue weighted by Gasteiger charge is 2.26. The van der Waals surface area contributed by atoms with Crippen molar-refractivity contribution < 1.29 is 0 Å². The van der Waals surface area contributed by atoms with Crippen molar-refractivity contribution in [2.24, 2.45) is 25.9 Å². The summed E-state index contributed by atoms with van der Waals surface area (Å²) in [6, 6.07) is 5.35. The number of halogens is 2. The van der Waals surface area contributed by atoms with Crippen LogP contribution in [0.2, 0.25) is 10.0 Å². The molecule has 0 unspecified atom stereocenters. The van der Waals surface area contributed by atoms with Gasteiger partial charge in [-0.2, -0.15) is 0 Å². The molecule has 4 rings (SSSR count). The fourth-order valence-electron chi connectivity index (χ4n) is 4.75. The van der Waals surface area contributed by atoms with Gasteiger partial charge in [0.1, 0.15) is 5.82 Å². The third-order valence-electron chi connectivity index (χ3n) is 6.11. The quantitative estimate of drug-likeness (QED) is 0.595. The number of benzene rings is 1. The van der Waals surface area contributed by atoms with Crippen molar-refractivity contribution in [3.63, 3.8) is 0 Å². The van der Waals surface area contributed by atoms with Gasteiger partial charge in [0.25, 0.3) is 5.56 Å². The average Bonchev–Trinajstić information content (AvgIpc) is 3.05. The third-order valence-corrected chi connectivity index (χ3v) is 6.82. The summed E-state index contributed by atoms with van der Waals surface area (Å²) in [7, 11) is 3.12. The van der Waals surface area contributed by atoms with E-state index < -0.39 is 5.69 Å². The molecule has 1 aliphatic heterocycles. The minimum absolute atomic E-state index is 0.302. The molecular weight excluding hydrogens is 437 g/mol. The Morgan fingerprint density at radius 3 is 2.23 bits per heavy atom. The lowest BCUT2D eigenvalue weighted by Crippen LogP contribution is -2.39. The highest BCUT2D eigenvalue weighted by Crippen LogP contribution is 2.28. The largest absolute Gasteiger partial charge is 0.332 e. The topological polar surface area (TPSA) is 65.1 Å². The number of aromatic nitrogens is 4. The van der Waals surface area contributed by atoms with Crippen LogP contribution in [0, 0.1) is 11.8 Å². The van der Waals surface area contributed by atoms with Gasteiger partial charge >= 0.3 is 5.69 Å². The number of likely N-dealkylation sites (tertiary alicyclic amines) is 1.